The molecule has 2 rings (SSSR count). The van der Waals surface area contributed by atoms with E-state index in [0.717, 1.165) is 0 Å². The quantitative estimate of drug-likeness (QED) is 0.453. The summed E-state index contributed by atoms with van der Waals surface area (Å²) in [6.45, 7) is 0. The van der Waals surface area contributed by atoms with Crippen molar-refractivity contribution in [1.82, 2.24) is 0 Å². The molecule has 1 amide bonds. The first-order chi connectivity index (χ1) is 12.4. The fraction of sp³-hybridized carbons (Fsp3) is 0.0556. The molecule has 0 atom stereocenters. The van der Waals surface area contributed by atoms with E-state index in [2.05, 4.69) is 15.4 Å². The normalized spacial score (nSPS) is 10.6. The number of benzene rings is 2. The van der Waals surface area contributed by atoms with Crippen LogP contribution in [0.5, 0.6) is 0 Å². The number of carbonyl (C=O) groups excluding carboxylic acids is 2. The van der Waals surface area contributed by atoms with Gasteiger partial charge in [-0.05, 0) is 36.4 Å². The van der Waals surface area contributed by atoms with Gasteiger partial charge >= 0.3 is 5.97 Å². The third-order valence-corrected chi connectivity index (χ3v) is 3.77. The molecular weight excluding hydrogens is 377 g/mol. The highest BCUT2D eigenvalue weighted by molar-refractivity contribution is 6.36. The van der Waals surface area contributed by atoms with Gasteiger partial charge in [-0.25, -0.2) is 4.79 Å². The van der Waals surface area contributed by atoms with Crippen molar-refractivity contribution in [3.05, 3.63) is 69.8 Å². The van der Waals surface area contributed by atoms with Crippen LogP contribution in [0, 0.1) is 11.3 Å². The van der Waals surface area contributed by atoms with Crippen LogP contribution >= 0.6 is 23.2 Å². The Hall–Kier alpha value is -3.01. The Bertz CT molecular complexity index is 920. The number of hydrogen-bond acceptors (Lipinski definition) is 5. The lowest BCUT2D eigenvalue weighted by molar-refractivity contribution is -0.112. The van der Waals surface area contributed by atoms with Crippen LogP contribution in [0.3, 0.4) is 0 Å². The van der Waals surface area contributed by atoms with Crippen molar-refractivity contribution in [2.24, 2.45) is 0 Å². The molecule has 0 aromatic heterocycles. The number of carbonyl (C=O) groups is 2. The molecule has 2 N–H and O–H groups in total. The lowest BCUT2D eigenvalue weighted by Crippen LogP contribution is -2.15. The highest BCUT2D eigenvalue weighted by atomic mass is 35.5. The number of nitrogens with one attached hydrogen (secondary N) is 2. The van der Waals surface area contributed by atoms with Crippen LogP contribution in [0.2, 0.25) is 10.0 Å². The summed E-state index contributed by atoms with van der Waals surface area (Å²) in [6.07, 6.45) is 1.23. The highest BCUT2D eigenvalue weighted by Gasteiger charge is 2.12. The minimum Gasteiger partial charge on any atom is -0.465 e. The minimum atomic E-state index is -0.659. The highest BCUT2D eigenvalue weighted by Crippen LogP contribution is 2.25. The predicted molar refractivity (Wildman–Crippen MR) is 100 cm³/mol. The molecular formula is C18H13Cl2N3O3. The van der Waals surface area contributed by atoms with E-state index < -0.39 is 11.9 Å². The van der Waals surface area contributed by atoms with Crippen LogP contribution in [0.15, 0.2) is 54.2 Å². The van der Waals surface area contributed by atoms with E-state index in [1.54, 1.807) is 30.3 Å². The maximum atomic E-state index is 12.2. The smallest absolute Gasteiger partial charge is 0.337 e. The van der Waals surface area contributed by atoms with Gasteiger partial charge in [0.1, 0.15) is 11.6 Å². The van der Waals surface area contributed by atoms with E-state index >= 15 is 0 Å². The van der Waals surface area contributed by atoms with Crippen molar-refractivity contribution in [2.75, 3.05) is 17.7 Å². The number of hydrogen-bond donors (Lipinski definition) is 2. The summed E-state index contributed by atoms with van der Waals surface area (Å²) >= 11 is 11.9. The molecule has 2 aromatic rings. The molecule has 0 fully saturated rings. The van der Waals surface area contributed by atoms with Crippen LogP contribution < -0.4 is 10.6 Å². The maximum Gasteiger partial charge on any atom is 0.337 e. The number of nitrogens with zero attached hydrogens (tertiary/aromatic N) is 1. The van der Waals surface area contributed by atoms with Crippen LogP contribution in [-0.2, 0) is 9.53 Å². The first-order valence-electron chi connectivity index (χ1n) is 7.26. The maximum absolute atomic E-state index is 12.2. The first kappa shape index (κ1) is 19.3. The zero-order valence-electron chi connectivity index (χ0n) is 13.5. The lowest BCUT2D eigenvalue weighted by Gasteiger charge is -2.08. The van der Waals surface area contributed by atoms with Gasteiger partial charge in [-0.2, -0.15) is 5.26 Å². The Morgan fingerprint density at radius 1 is 1.19 bits per heavy atom. The second-order valence-electron chi connectivity index (χ2n) is 4.96. The largest absolute Gasteiger partial charge is 0.465 e. The minimum absolute atomic E-state index is 0.190. The van der Waals surface area contributed by atoms with E-state index in [9.17, 15) is 14.9 Å². The SMILES string of the molecule is COC(=O)c1cccc(N/C=C(/C#N)C(=O)Nc2cc(Cl)ccc2Cl)c1. The Kier molecular flexibility index (Phi) is 6.61. The summed E-state index contributed by atoms with van der Waals surface area (Å²) in [5, 5.41) is 15.2. The topological polar surface area (TPSA) is 91.2 Å². The molecule has 0 aliphatic rings. The van der Waals surface area contributed by atoms with Crippen molar-refractivity contribution >= 4 is 46.5 Å². The summed E-state index contributed by atoms with van der Waals surface area (Å²) in [5.41, 5.74) is 0.941. The summed E-state index contributed by atoms with van der Waals surface area (Å²) in [4.78, 5) is 23.8. The Balaban J connectivity index is 2.15. The zero-order valence-corrected chi connectivity index (χ0v) is 15.1. The molecule has 0 saturated carbocycles. The van der Waals surface area contributed by atoms with Gasteiger partial charge in [0.25, 0.3) is 5.91 Å². The van der Waals surface area contributed by atoms with Gasteiger partial charge in [-0.3, -0.25) is 4.79 Å². The molecule has 132 valence electrons. The average molecular weight is 390 g/mol. The Morgan fingerprint density at radius 2 is 1.96 bits per heavy atom. The molecule has 0 spiro atoms. The number of methoxy groups -OCH3 is 1. The third kappa shape index (κ3) is 4.99. The van der Waals surface area contributed by atoms with E-state index in [-0.39, 0.29) is 11.3 Å². The van der Waals surface area contributed by atoms with Crippen molar-refractivity contribution in [3.8, 4) is 6.07 Å². The van der Waals surface area contributed by atoms with Gasteiger partial charge < -0.3 is 15.4 Å². The van der Waals surface area contributed by atoms with Crippen molar-refractivity contribution in [3.63, 3.8) is 0 Å². The van der Waals surface area contributed by atoms with Crippen molar-refractivity contribution in [1.29, 1.82) is 5.26 Å². The van der Waals surface area contributed by atoms with Crippen molar-refractivity contribution < 1.29 is 14.3 Å². The molecule has 0 saturated heterocycles. The lowest BCUT2D eigenvalue weighted by atomic mass is 10.2. The van der Waals surface area contributed by atoms with Crippen LogP contribution in [0.4, 0.5) is 11.4 Å². The fourth-order valence-electron chi connectivity index (χ4n) is 1.94. The number of nitriles is 1. The van der Waals surface area contributed by atoms with Crippen LogP contribution in [0.25, 0.3) is 0 Å². The molecule has 0 radical (unpaired) electrons. The number of ether oxygens (including phenoxy) is 1. The number of halogens is 2. The van der Waals surface area contributed by atoms with E-state index in [4.69, 9.17) is 23.2 Å². The average Bonchev–Trinajstić information content (AvgIpc) is 2.64. The number of amides is 1. The van der Waals surface area contributed by atoms with E-state index in [0.29, 0.717) is 21.3 Å². The first-order valence-corrected chi connectivity index (χ1v) is 8.01. The molecule has 0 aliphatic carbocycles. The van der Waals surface area contributed by atoms with Gasteiger partial charge in [-0.1, -0.05) is 29.3 Å². The molecule has 0 unspecified atom stereocenters. The zero-order chi connectivity index (χ0) is 19.1. The fourth-order valence-corrected chi connectivity index (χ4v) is 2.28. The van der Waals surface area contributed by atoms with Crippen LogP contribution in [-0.4, -0.2) is 19.0 Å². The summed E-state index contributed by atoms with van der Waals surface area (Å²) in [7, 11) is 1.28. The predicted octanol–water partition coefficient (Wildman–Crippen LogP) is 4.24. The number of rotatable bonds is 5. The second-order valence-corrected chi connectivity index (χ2v) is 5.81. The van der Waals surface area contributed by atoms with Crippen LogP contribution in [0.1, 0.15) is 10.4 Å². The summed E-state index contributed by atoms with van der Waals surface area (Å²) in [5.74, 6) is -1.15. The molecule has 0 heterocycles. The standard InChI is InChI=1S/C18H13Cl2N3O3/c1-26-18(25)11-3-2-4-14(7-11)22-10-12(9-21)17(24)23-16-8-13(19)5-6-15(16)20/h2-8,10,22H,1H3,(H,23,24)/b12-10-. The third-order valence-electron chi connectivity index (χ3n) is 3.21. The Morgan fingerprint density at radius 3 is 2.65 bits per heavy atom. The van der Waals surface area contributed by atoms with Gasteiger partial charge in [-0.15, -0.1) is 0 Å². The van der Waals surface area contributed by atoms with Gasteiger partial charge in [0, 0.05) is 16.9 Å². The Labute approximate surface area is 160 Å². The molecule has 0 bridgehead atoms. The second kappa shape index (κ2) is 8.90. The summed E-state index contributed by atoms with van der Waals surface area (Å²) < 4.78 is 4.64. The molecule has 6 nitrogen and oxygen atoms in total. The van der Waals surface area contributed by atoms with E-state index in [1.807, 2.05) is 0 Å². The number of esters is 1. The van der Waals surface area contributed by atoms with E-state index in [1.165, 1.54) is 31.5 Å². The monoisotopic (exact) mass is 389 g/mol. The van der Waals surface area contributed by atoms with Crippen molar-refractivity contribution in [2.45, 2.75) is 0 Å². The van der Waals surface area contributed by atoms with Gasteiger partial charge in [0.2, 0.25) is 0 Å². The number of anilines is 2. The summed E-state index contributed by atoms with van der Waals surface area (Å²) in [6, 6.07) is 12.8. The molecule has 0 aliphatic heterocycles. The molecule has 8 heteroatoms. The molecule has 2 aromatic carbocycles. The molecule has 26 heavy (non-hydrogen) atoms. The van der Waals surface area contributed by atoms with Gasteiger partial charge in [0.15, 0.2) is 0 Å². The van der Waals surface area contributed by atoms with Gasteiger partial charge in [0.05, 0.1) is 23.4 Å².